The Morgan fingerprint density at radius 3 is 2.76 bits per heavy atom. The topological polar surface area (TPSA) is 61.9 Å². The Bertz CT molecular complexity index is 624. The van der Waals surface area contributed by atoms with E-state index in [1.807, 2.05) is 20.8 Å². The van der Waals surface area contributed by atoms with Crippen molar-refractivity contribution in [3.05, 3.63) is 47.3 Å². The van der Waals surface area contributed by atoms with Gasteiger partial charge in [-0.15, -0.1) is 5.10 Å². The lowest BCUT2D eigenvalue weighted by atomic mass is 10.2. The van der Waals surface area contributed by atoms with Crippen LogP contribution in [0.15, 0.2) is 24.3 Å². The minimum absolute atomic E-state index is 0.150. The molecule has 112 valence electrons. The summed E-state index contributed by atoms with van der Waals surface area (Å²) >= 11 is 0. The Balaban J connectivity index is 2.14. The van der Waals surface area contributed by atoms with Crippen molar-refractivity contribution in [3.8, 4) is 0 Å². The van der Waals surface area contributed by atoms with Crippen LogP contribution in [0.3, 0.4) is 0 Å². The van der Waals surface area contributed by atoms with Crippen LogP contribution in [0.25, 0.3) is 0 Å². The molecular weight excluding hydrogens is 271 g/mol. The number of carbonyl (C=O) groups excluding carboxylic acids is 1. The fourth-order valence-corrected chi connectivity index (χ4v) is 1.95. The molecule has 0 atom stereocenters. The monoisotopic (exact) mass is 290 g/mol. The normalized spacial score (nSPS) is 10.9. The summed E-state index contributed by atoms with van der Waals surface area (Å²) in [5, 5.41) is 6.73. The minimum Gasteiger partial charge on any atom is -0.332 e. The van der Waals surface area contributed by atoms with Crippen molar-refractivity contribution in [1.82, 2.24) is 20.1 Å². The first kappa shape index (κ1) is 15.2. The Hall–Kier alpha value is -2.24. The van der Waals surface area contributed by atoms with Crippen molar-refractivity contribution in [3.63, 3.8) is 0 Å². The van der Waals surface area contributed by atoms with Gasteiger partial charge in [-0.3, -0.25) is 9.89 Å². The molecule has 0 saturated carbocycles. The molecule has 0 saturated heterocycles. The van der Waals surface area contributed by atoms with Crippen molar-refractivity contribution in [2.75, 3.05) is 6.54 Å². The first-order valence-electron chi connectivity index (χ1n) is 6.97. The number of aromatic amines is 1. The van der Waals surface area contributed by atoms with Gasteiger partial charge in [0, 0.05) is 19.0 Å². The molecular formula is C15H19FN4O. The number of hydrogen-bond donors (Lipinski definition) is 1. The number of nitrogens with zero attached hydrogens (tertiary/aromatic N) is 3. The second-order valence-corrected chi connectivity index (χ2v) is 5.15. The molecule has 0 bridgehead atoms. The number of benzene rings is 1. The van der Waals surface area contributed by atoms with Crippen LogP contribution < -0.4 is 0 Å². The van der Waals surface area contributed by atoms with Gasteiger partial charge in [-0.1, -0.05) is 26.0 Å². The van der Waals surface area contributed by atoms with Gasteiger partial charge in [-0.05, 0) is 24.6 Å². The maximum Gasteiger partial charge on any atom is 0.293 e. The number of halogens is 1. The van der Waals surface area contributed by atoms with Gasteiger partial charge in [0.1, 0.15) is 11.6 Å². The Labute approximate surface area is 123 Å². The molecule has 0 fully saturated rings. The van der Waals surface area contributed by atoms with E-state index in [4.69, 9.17) is 0 Å². The van der Waals surface area contributed by atoms with Crippen LogP contribution in [0.1, 0.15) is 48.7 Å². The van der Waals surface area contributed by atoms with E-state index in [0.29, 0.717) is 18.9 Å². The molecule has 1 aromatic carbocycles. The highest BCUT2D eigenvalue weighted by Crippen LogP contribution is 2.12. The lowest BCUT2D eigenvalue weighted by molar-refractivity contribution is 0.0740. The van der Waals surface area contributed by atoms with Crippen LogP contribution in [0, 0.1) is 5.82 Å². The van der Waals surface area contributed by atoms with Crippen molar-refractivity contribution in [2.24, 2.45) is 0 Å². The summed E-state index contributed by atoms with van der Waals surface area (Å²) in [4.78, 5) is 18.2. The average Bonchev–Trinajstić information content (AvgIpc) is 2.94. The Morgan fingerprint density at radius 2 is 2.19 bits per heavy atom. The quantitative estimate of drug-likeness (QED) is 0.921. The third kappa shape index (κ3) is 3.65. The predicted octanol–water partition coefficient (Wildman–Crippen LogP) is 2.73. The minimum atomic E-state index is -0.309. The molecule has 1 aromatic heterocycles. The maximum absolute atomic E-state index is 13.2. The molecule has 0 aliphatic carbocycles. The van der Waals surface area contributed by atoms with Crippen LogP contribution in [-0.2, 0) is 6.54 Å². The molecule has 0 unspecified atom stereocenters. The Kier molecular flexibility index (Phi) is 4.67. The zero-order valence-corrected chi connectivity index (χ0v) is 12.4. The standard InChI is InChI=1S/C15H19FN4O/c1-4-20(9-11-6-5-7-12(16)8-11)15(21)14-17-13(10(2)3)18-19-14/h5-8,10H,4,9H2,1-3H3,(H,17,18,19). The lowest BCUT2D eigenvalue weighted by Gasteiger charge is -2.19. The van der Waals surface area contributed by atoms with Crippen LogP contribution in [0.5, 0.6) is 0 Å². The average molecular weight is 290 g/mol. The summed E-state index contributed by atoms with van der Waals surface area (Å²) in [5.41, 5.74) is 0.741. The second-order valence-electron chi connectivity index (χ2n) is 5.15. The molecule has 0 spiro atoms. The summed E-state index contributed by atoms with van der Waals surface area (Å²) in [7, 11) is 0. The molecule has 1 N–H and O–H groups in total. The van der Waals surface area contributed by atoms with E-state index < -0.39 is 0 Å². The fourth-order valence-electron chi connectivity index (χ4n) is 1.95. The van der Waals surface area contributed by atoms with E-state index in [0.717, 1.165) is 5.56 Å². The van der Waals surface area contributed by atoms with Crippen LogP contribution >= 0.6 is 0 Å². The van der Waals surface area contributed by atoms with Gasteiger partial charge in [0.25, 0.3) is 5.91 Å². The molecule has 2 rings (SSSR count). The first-order valence-corrected chi connectivity index (χ1v) is 6.97. The van der Waals surface area contributed by atoms with E-state index in [2.05, 4.69) is 15.2 Å². The summed E-state index contributed by atoms with van der Waals surface area (Å²) < 4.78 is 13.2. The highest BCUT2D eigenvalue weighted by atomic mass is 19.1. The maximum atomic E-state index is 13.2. The first-order chi connectivity index (χ1) is 10.0. The van der Waals surface area contributed by atoms with Gasteiger partial charge < -0.3 is 4.90 Å². The van der Waals surface area contributed by atoms with E-state index in [-0.39, 0.29) is 23.5 Å². The van der Waals surface area contributed by atoms with E-state index in [1.54, 1.807) is 17.0 Å². The lowest BCUT2D eigenvalue weighted by Crippen LogP contribution is -2.31. The SMILES string of the molecule is CCN(Cc1cccc(F)c1)C(=O)c1n[nH]c(C(C)C)n1. The molecule has 1 amide bonds. The fraction of sp³-hybridized carbons (Fsp3) is 0.400. The smallest absolute Gasteiger partial charge is 0.293 e. The van der Waals surface area contributed by atoms with Gasteiger partial charge >= 0.3 is 0 Å². The van der Waals surface area contributed by atoms with Crippen LogP contribution in [0.2, 0.25) is 0 Å². The number of nitrogens with one attached hydrogen (secondary N) is 1. The number of carbonyl (C=O) groups is 1. The predicted molar refractivity (Wildman–Crippen MR) is 77.3 cm³/mol. The van der Waals surface area contributed by atoms with E-state index in [1.165, 1.54) is 12.1 Å². The molecule has 1 heterocycles. The van der Waals surface area contributed by atoms with Crippen molar-refractivity contribution >= 4 is 5.91 Å². The highest BCUT2D eigenvalue weighted by molar-refractivity contribution is 5.90. The summed E-state index contributed by atoms with van der Waals surface area (Å²) in [6.07, 6.45) is 0. The number of rotatable bonds is 5. The molecule has 5 nitrogen and oxygen atoms in total. The second kappa shape index (κ2) is 6.47. The number of hydrogen-bond acceptors (Lipinski definition) is 3. The van der Waals surface area contributed by atoms with Crippen molar-refractivity contribution in [1.29, 1.82) is 0 Å². The molecule has 2 aromatic rings. The number of amides is 1. The van der Waals surface area contributed by atoms with Crippen molar-refractivity contribution in [2.45, 2.75) is 33.2 Å². The summed E-state index contributed by atoms with van der Waals surface area (Å²) in [6.45, 7) is 6.64. The Morgan fingerprint density at radius 1 is 1.43 bits per heavy atom. The zero-order valence-electron chi connectivity index (χ0n) is 12.4. The van der Waals surface area contributed by atoms with Crippen molar-refractivity contribution < 1.29 is 9.18 Å². The molecule has 0 aliphatic rings. The van der Waals surface area contributed by atoms with Gasteiger partial charge in [0.05, 0.1) is 0 Å². The molecule has 21 heavy (non-hydrogen) atoms. The third-order valence-corrected chi connectivity index (χ3v) is 3.17. The van der Waals surface area contributed by atoms with Gasteiger partial charge in [-0.25, -0.2) is 9.37 Å². The summed E-state index contributed by atoms with van der Waals surface area (Å²) in [5.74, 6) is 0.440. The van der Waals surface area contributed by atoms with Gasteiger partial charge in [-0.2, -0.15) is 0 Å². The highest BCUT2D eigenvalue weighted by Gasteiger charge is 2.20. The van der Waals surface area contributed by atoms with E-state index >= 15 is 0 Å². The molecule has 6 heteroatoms. The summed E-state index contributed by atoms with van der Waals surface area (Å²) in [6, 6.07) is 6.22. The molecule has 0 aliphatic heterocycles. The van der Waals surface area contributed by atoms with Gasteiger partial charge in [0.2, 0.25) is 5.82 Å². The van der Waals surface area contributed by atoms with Crippen LogP contribution in [0.4, 0.5) is 4.39 Å². The largest absolute Gasteiger partial charge is 0.332 e. The van der Waals surface area contributed by atoms with Gasteiger partial charge in [0.15, 0.2) is 0 Å². The number of aromatic nitrogens is 3. The van der Waals surface area contributed by atoms with E-state index in [9.17, 15) is 9.18 Å². The molecule has 0 radical (unpaired) electrons. The third-order valence-electron chi connectivity index (χ3n) is 3.17. The number of H-pyrrole nitrogens is 1. The zero-order chi connectivity index (χ0) is 15.4. The van der Waals surface area contributed by atoms with Crippen LogP contribution in [-0.4, -0.2) is 32.5 Å².